The van der Waals surface area contributed by atoms with Crippen molar-refractivity contribution in [3.05, 3.63) is 54.4 Å². The van der Waals surface area contributed by atoms with Gasteiger partial charge in [0, 0.05) is 35.2 Å². The first-order chi connectivity index (χ1) is 28.9. The Hall–Kier alpha value is -5.45. The van der Waals surface area contributed by atoms with Crippen molar-refractivity contribution in [2.24, 2.45) is 5.92 Å². The summed E-state index contributed by atoms with van der Waals surface area (Å²) in [7, 11) is -2.40. The van der Waals surface area contributed by atoms with Crippen LogP contribution in [0.25, 0.3) is 33.0 Å². The predicted molar refractivity (Wildman–Crippen MR) is 217 cm³/mol. The molecular formula is C43H48FN5O10S. The lowest BCUT2D eigenvalue weighted by Crippen LogP contribution is -2.58. The van der Waals surface area contributed by atoms with Crippen LogP contribution in [0.5, 0.6) is 11.5 Å². The van der Waals surface area contributed by atoms with Gasteiger partial charge in [-0.05, 0) is 88.5 Å². The van der Waals surface area contributed by atoms with Crippen LogP contribution >= 0.6 is 0 Å². The maximum absolute atomic E-state index is 14.8. The highest BCUT2D eigenvalue weighted by Crippen LogP contribution is 2.46. The van der Waals surface area contributed by atoms with Crippen LogP contribution in [0, 0.1) is 11.7 Å². The molecule has 2 aromatic heterocycles. The third-order valence-corrected chi connectivity index (χ3v) is 14.3. The molecule has 5 aliphatic rings. The number of rotatable bonds is 8. The Morgan fingerprint density at radius 1 is 0.983 bits per heavy atom. The van der Waals surface area contributed by atoms with Crippen molar-refractivity contribution in [1.82, 2.24) is 25.2 Å². The Bertz CT molecular complexity index is 2520. The Kier molecular flexibility index (Phi) is 10.6. The largest absolute Gasteiger partial charge is 0.497 e. The molecule has 1 saturated heterocycles. The fourth-order valence-electron chi connectivity index (χ4n) is 8.95. The number of alkyl carbamates (subject to hydrolysis) is 1. The highest BCUT2D eigenvalue weighted by atomic mass is 32.2. The van der Waals surface area contributed by atoms with Crippen molar-refractivity contribution < 1.29 is 50.6 Å². The molecule has 0 spiro atoms. The fraction of sp³-hybridized carbons (Fsp3) is 0.512. The molecule has 15 nitrogen and oxygen atoms in total. The number of furan rings is 1. The van der Waals surface area contributed by atoms with Crippen molar-refractivity contribution in [2.45, 2.75) is 119 Å². The molecule has 4 aromatic rings. The summed E-state index contributed by atoms with van der Waals surface area (Å²) >= 11 is 0. The molecule has 0 unspecified atom stereocenters. The number of benzene rings is 2. The van der Waals surface area contributed by atoms with Gasteiger partial charge in [-0.2, -0.15) is 0 Å². The van der Waals surface area contributed by atoms with Gasteiger partial charge >= 0.3 is 6.09 Å². The maximum atomic E-state index is 14.8. The number of hydrogen-bond donors (Lipinski definition) is 3. The van der Waals surface area contributed by atoms with E-state index in [0.29, 0.717) is 58.8 Å². The molecule has 0 radical (unpaired) electrons. The van der Waals surface area contributed by atoms with Crippen LogP contribution in [0.2, 0.25) is 0 Å². The van der Waals surface area contributed by atoms with E-state index in [1.807, 2.05) is 12.2 Å². The molecule has 4 heterocycles. The summed E-state index contributed by atoms with van der Waals surface area (Å²) in [6.45, 7) is -0.105. The Morgan fingerprint density at radius 3 is 2.55 bits per heavy atom. The molecule has 3 saturated carbocycles. The van der Waals surface area contributed by atoms with Gasteiger partial charge in [0.15, 0.2) is 11.3 Å². The quantitative estimate of drug-likeness (QED) is 0.185. The number of allylic oxidation sites excluding steroid dienone is 1. The topological polar surface area (TPSA) is 195 Å². The van der Waals surface area contributed by atoms with Gasteiger partial charge in [0.2, 0.25) is 21.8 Å². The minimum atomic E-state index is -3.94. The molecule has 2 aromatic carbocycles. The smallest absolute Gasteiger partial charge is 0.408 e. The predicted octanol–water partition coefficient (Wildman–Crippen LogP) is 5.67. The second-order valence-electron chi connectivity index (χ2n) is 16.7. The molecular weight excluding hydrogens is 798 g/mol. The van der Waals surface area contributed by atoms with Crippen molar-refractivity contribution in [2.75, 3.05) is 13.7 Å². The van der Waals surface area contributed by atoms with Crippen molar-refractivity contribution in [1.29, 1.82) is 0 Å². The molecule has 5 atom stereocenters. The van der Waals surface area contributed by atoms with E-state index < -0.39 is 74.5 Å². The third-order valence-electron chi connectivity index (χ3n) is 12.5. The monoisotopic (exact) mass is 845 g/mol. The molecule has 2 aliphatic heterocycles. The number of hydrogen-bond acceptors (Lipinski definition) is 11. The summed E-state index contributed by atoms with van der Waals surface area (Å²) in [6.07, 6.45) is 9.48. The minimum absolute atomic E-state index is 0.0457. The van der Waals surface area contributed by atoms with Gasteiger partial charge in [-0.1, -0.05) is 25.0 Å². The van der Waals surface area contributed by atoms with E-state index in [1.54, 1.807) is 18.2 Å². The van der Waals surface area contributed by atoms with E-state index in [-0.39, 0.29) is 43.2 Å². The van der Waals surface area contributed by atoms with Crippen molar-refractivity contribution in [3.63, 3.8) is 0 Å². The summed E-state index contributed by atoms with van der Waals surface area (Å²) in [6, 6.07) is 7.10. The van der Waals surface area contributed by atoms with E-state index >= 15 is 0 Å². The fourth-order valence-corrected chi connectivity index (χ4v) is 10.3. The van der Waals surface area contributed by atoms with Crippen molar-refractivity contribution in [3.8, 4) is 11.5 Å². The van der Waals surface area contributed by atoms with Gasteiger partial charge in [-0.25, -0.2) is 22.6 Å². The Labute approximate surface area is 345 Å². The summed E-state index contributed by atoms with van der Waals surface area (Å²) < 4.78 is 66.9. The van der Waals surface area contributed by atoms with Crippen LogP contribution in [0.3, 0.4) is 0 Å². The average Bonchev–Trinajstić information content (AvgIpc) is 4.04. The number of nitrogens with one attached hydrogen (secondary N) is 3. The first-order valence-corrected chi connectivity index (χ1v) is 22.5. The molecule has 60 heavy (non-hydrogen) atoms. The Balaban J connectivity index is 1.07. The average molecular weight is 846 g/mol. The summed E-state index contributed by atoms with van der Waals surface area (Å²) in [5.74, 6) is -2.22. The number of aromatic nitrogens is 1. The van der Waals surface area contributed by atoms with Crippen LogP contribution < -0.4 is 24.8 Å². The van der Waals surface area contributed by atoms with Gasteiger partial charge in [-0.3, -0.25) is 19.1 Å². The number of carbonyl (C=O) groups is 4. The number of fused-ring (bicyclic) bond motifs is 6. The third kappa shape index (κ3) is 7.83. The zero-order valence-electron chi connectivity index (χ0n) is 33.2. The number of ether oxygens (including phenoxy) is 3. The first kappa shape index (κ1) is 40.0. The van der Waals surface area contributed by atoms with Crippen LogP contribution in [0.1, 0.15) is 83.5 Å². The van der Waals surface area contributed by atoms with Crippen molar-refractivity contribution >= 4 is 66.8 Å². The zero-order chi connectivity index (χ0) is 41.8. The molecule has 17 heteroatoms. The molecule has 3 aliphatic carbocycles. The van der Waals surface area contributed by atoms with Gasteiger partial charge in [0.05, 0.1) is 24.4 Å². The van der Waals surface area contributed by atoms with E-state index in [9.17, 15) is 32.0 Å². The Morgan fingerprint density at radius 2 is 1.77 bits per heavy atom. The summed E-state index contributed by atoms with van der Waals surface area (Å²) in [5, 5.41) is 6.10. The molecule has 4 fully saturated rings. The van der Waals surface area contributed by atoms with Gasteiger partial charge < -0.3 is 34.2 Å². The van der Waals surface area contributed by atoms with Gasteiger partial charge in [-0.15, -0.1) is 0 Å². The summed E-state index contributed by atoms with van der Waals surface area (Å²) in [5.41, 5.74) is -0.130. The lowest BCUT2D eigenvalue weighted by Gasteiger charge is -2.30. The second-order valence-corrected chi connectivity index (χ2v) is 18.7. The molecule has 9 rings (SSSR count). The zero-order valence-corrected chi connectivity index (χ0v) is 34.1. The molecule has 0 bridgehead atoms. The molecule has 318 valence electrons. The molecule has 3 N–H and O–H groups in total. The lowest BCUT2D eigenvalue weighted by atomic mass is 10.0. The summed E-state index contributed by atoms with van der Waals surface area (Å²) in [4.78, 5) is 62.6. The van der Waals surface area contributed by atoms with E-state index in [4.69, 9.17) is 23.6 Å². The van der Waals surface area contributed by atoms with Gasteiger partial charge in [0.25, 0.3) is 5.91 Å². The van der Waals surface area contributed by atoms with Crippen LogP contribution in [0.4, 0.5) is 9.18 Å². The number of nitrogens with zero attached hydrogens (tertiary/aromatic N) is 2. The van der Waals surface area contributed by atoms with Crippen LogP contribution in [-0.2, 0) is 29.1 Å². The number of sulfonamides is 1. The second kappa shape index (κ2) is 15.9. The number of carbonyl (C=O) groups excluding carboxylic acids is 4. The van der Waals surface area contributed by atoms with E-state index in [1.165, 1.54) is 30.2 Å². The van der Waals surface area contributed by atoms with Gasteiger partial charge in [0.1, 0.15) is 52.5 Å². The van der Waals surface area contributed by atoms with Crippen LogP contribution in [-0.4, -0.2) is 90.9 Å². The highest BCUT2D eigenvalue weighted by molar-refractivity contribution is 7.91. The van der Waals surface area contributed by atoms with E-state index in [0.717, 1.165) is 38.5 Å². The van der Waals surface area contributed by atoms with E-state index in [2.05, 4.69) is 15.4 Å². The number of amides is 4. The van der Waals surface area contributed by atoms with Crippen LogP contribution in [0.15, 0.2) is 53.0 Å². The standard InChI is InChI=1S/C43H48FN5O10S/c1-56-27-14-18-31-35(21-27)59-38-36(31)45-33-19-25(44)13-17-30(33)37(38)57-28-20-34-39(50)47-43(41(52)48-60(54,55)29-15-16-29)22-24(43)9-5-3-2-4-6-12-32(40(51)49(34)23-28)46-42(53)58-26-10-7-8-11-26/h5,9,13-14,17-19,21,24,26,28-29,32,34H,2-4,6-8,10-12,15-16,20,22-23H2,1H3,(H,46,53)(H,47,50)(H,48,52)/b9-5-/t24-,28+,32-,34+,43-/m1/s1. The first-order valence-electron chi connectivity index (χ1n) is 20.9. The number of halogens is 1. The SMILES string of the molecule is COc1ccc2c(c1)oc1c(O[C@H]3C[C@H]4C(=O)N[C@]5(C(=O)NS(=O)(=O)C6CC6)C[C@H]5/C=C\CCCCC[C@@H](NC(=O)OC5CCCC5)C(=O)N4C3)c3ccc(F)cc3nc12. The number of pyridine rings is 1. The normalized spacial score (nSPS) is 27.1. The number of methoxy groups -OCH3 is 1. The minimum Gasteiger partial charge on any atom is -0.497 e. The molecule has 4 amide bonds. The maximum Gasteiger partial charge on any atom is 0.408 e. The lowest BCUT2D eigenvalue weighted by molar-refractivity contribution is -0.141. The highest BCUT2D eigenvalue weighted by Gasteiger charge is 2.62.